The number of thiophene rings is 1. The van der Waals surface area contributed by atoms with Crippen molar-refractivity contribution >= 4 is 71.5 Å². The largest absolute Gasteiger partial charge is 0.142 e. The molecule has 0 bridgehead atoms. The van der Waals surface area contributed by atoms with Gasteiger partial charge in [-0.15, -0.1) is 22.9 Å². The summed E-state index contributed by atoms with van der Waals surface area (Å²) in [7, 11) is 0. The van der Waals surface area contributed by atoms with Crippen molar-refractivity contribution in [1.29, 1.82) is 0 Å². The molecule has 1 aromatic carbocycles. The van der Waals surface area contributed by atoms with Crippen molar-refractivity contribution in [1.82, 2.24) is 0 Å². The Kier molecular flexibility index (Phi) is 3.18. The molecule has 1 aromatic heterocycles. The number of rotatable bonds is 1. The van der Waals surface area contributed by atoms with Crippen LogP contribution >= 0.6 is 61.5 Å². The van der Waals surface area contributed by atoms with Crippen LogP contribution in [0.3, 0.4) is 0 Å². The second-order valence-electron chi connectivity index (χ2n) is 2.62. The molecule has 0 nitrogen and oxygen atoms in total. The van der Waals surface area contributed by atoms with E-state index in [-0.39, 0.29) is 0 Å². The van der Waals surface area contributed by atoms with Crippen LogP contribution in [0.5, 0.6) is 0 Å². The zero-order valence-corrected chi connectivity index (χ0v) is 11.8. The lowest BCUT2D eigenvalue weighted by molar-refractivity contribution is 1.43. The second-order valence-corrected chi connectivity index (χ2v) is 5.78. The summed E-state index contributed by atoms with van der Waals surface area (Å²) in [6.07, 6.45) is 0. The third kappa shape index (κ3) is 1.76. The molecule has 0 aliphatic carbocycles. The van der Waals surface area contributed by atoms with E-state index >= 15 is 0 Å². The summed E-state index contributed by atoms with van der Waals surface area (Å²) in [5, 5.41) is 3.37. The molecule has 0 unspecified atom stereocenters. The Morgan fingerprint density at radius 1 is 1.46 bits per heavy atom. The summed E-state index contributed by atoms with van der Waals surface area (Å²) in [5.41, 5.74) is 1.25. The highest BCUT2D eigenvalue weighted by atomic mass is 127. The van der Waals surface area contributed by atoms with E-state index < -0.39 is 0 Å². The molecule has 0 spiro atoms. The van der Waals surface area contributed by atoms with Crippen LogP contribution in [0.1, 0.15) is 5.56 Å². The number of hydrogen-bond acceptors (Lipinski definition) is 1. The van der Waals surface area contributed by atoms with Gasteiger partial charge in [0.1, 0.15) is 0 Å². The Bertz CT molecular complexity index is 452. The Morgan fingerprint density at radius 2 is 2.23 bits per heavy atom. The Balaban J connectivity index is 2.85. The molecule has 13 heavy (non-hydrogen) atoms. The minimum Gasteiger partial charge on any atom is -0.142 e. The lowest BCUT2D eigenvalue weighted by Gasteiger charge is -2.01. The first-order valence-corrected chi connectivity index (χ1v) is 6.92. The molecule has 0 radical (unpaired) electrons. The number of halogens is 3. The zero-order chi connectivity index (χ0) is 9.42. The number of fused-ring (bicyclic) bond motifs is 1. The SMILES string of the molecule is ClCc1c(I)ccc2c(Br)csc12. The van der Waals surface area contributed by atoms with Crippen molar-refractivity contribution in [2.45, 2.75) is 5.88 Å². The van der Waals surface area contributed by atoms with Gasteiger partial charge in [0.25, 0.3) is 0 Å². The molecule has 0 amide bonds. The summed E-state index contributed by atoms with van der Waals surface area (Å²) in [5.74, 6) is 0.586. The maximum absolute atomic E-state index is 5.91. The second kappa shape index (κ2) is 4.04. The van der Waals surface area contributed by atoms with Crippen LogP contribution in [-0.2, 0) is 5.88 Å². The summed E-state index contributed by atoms with van der Waals surface area (Å²) in [6, 6.07) is 4.24. The molecule has 1 heterocycles. The minimum atomic E-state index is 0.586. The molecule has 0 saturated carbocycles. The summed E-state index contributed by atoms with van der Waals surface area (Å²) < 4.78 is 3.71. The number of hydrogen-bond donors (Lipinski definition) is 0. The molecule has 0 N–H and O–H groups in total. The van der Waals surface area contributed by atoms with Crippen molar-refractivity contribution in [3.05, 3.63) is 31.1 Å². The molecule has 2 rings (SSSR count). The van der Waals surface area contributed by atoms with Crippen molar-refractivity contribution in [2.75, 3.05) is 0 Å². The van der Waals surface area contributed by atoms with Gasteiger partial charge in [0.15, 0.2) is 0 Å². The van der Waals surface area contributed by atoms with Gasteiger partial charge in [-0.25, -0.2) is 0 Å². The van der Waals surface area contributed by atoms with Gasteiger partial charge >= 0.3 is 0 Å². The molecule has 0 atom stereocenters. The van der Waals surface area contributed by atoms with Crippen LogP contribution in [0.15, 0.2) is 22.0 Å². The fourth-order valence-corrected chi connectivity index (χ4v) is 4.35. The average Bonchev–Trinajstić information content (AvgIpc) is 2.48. The van der Waals surface area contributed by atoms with Crippen LogP contribution < -0.4 is 0 Å². The van der Waals surface area contributed by atoms with Gasteiger partial charge in [0.2, 0.25) is 0 Å². The van der Waals surface area contributed by atoms with E-state index in [1.807, 2.05) is 0 Å². The smallest absolute Gasteiger partial charge is 0.0498 e. The van der Waals surface area contributed by atoms with Gasteiger partial charge in [-0.2, -0.15) is 0 Å². The van der Waals surface area contributed by atoms with Crippen LogP contribution in [-0.4, -0.2) is 0 Å². The van der Waals surface area contributed by atoms with Crippen molar-refractivity contribution in [3.63, 3.8) is 0 Å². The van der Waals surface area contributed by atoms with E-state index in [4.69, 9.17) is 11.6 Å². The summed E-state index contributed by atoms with van der Waals surface area (Å²) >= 11 is 13.5. The van der Waals surface area contributed by atoms with Gasteiger partial charge in [0.05, 0.1) is 0 Å². The third-order valence-electron chi connectivity index (χ3n) is 1.87. The lowest BCUT2D eigenvalue weighted by Crippen LogP contribution is -1.83. The van der Waals surface area contributed by atoms with Crippen LogP contribution in [0.2, 0.25) is 0 Å². The highest BCUT2D eigenvalue weighted by Gasteiger charge is 2.08. The van der Waals surface area contributed by atoms with Gasteiger partial charge < -0.3 is 0 Å². The fraction of sp³-hybridized carbons (Fsp3) is 0.111. The highest BCUT2D eigenvalue weighted by Crippen LogP contribution is 2.35. The summed E-state index contributed by atoms with van der Waals surface area (Å²) in [4.78, 5) is 0. The van der Waals surface area contributed by atoms with E-state index in [1.54, 1.807) is 11.3 Å². The van der Waals surface area contributed by atoms with Gasteiger partial charge in [0, 0.05) is 29.4 Å². The Hall–Kier alpha value is 0.680. The normalized spacial score (nSPS) is 11.0. The first kappa shape index (κ1) is 10.2. The van der Waals surface area contributed by atoms with Crippen molar-refractivity contribution in [3.8, 4) is 0 Å². The van der Waals surface area contributed by atoms with Crippen molar-refractivity contribution < 1.29 is 0 Å². The van der Waals surface area contributed by atoms with E-state index in [9.17, 15) is 0 Å². The van der Waals surface area contributed by atoms with E-state index in [0.29, 0.717) is 5.88 Å². The van der Waals surface area contributed by atoms with Crippen molar-refractivity contribution in [2.24, 2.45) is 0 Å². The quantitative estimate of drug-likeness (QED) is 0.477. The third-order valence-corrected chi connectivity index (χ3v) is 5.17. The molecule has 0 fully saturated rings. The average molecular weight is 387 g/mol. The van der Waals surface area contributed by atoms with Gasteiger partial charge in [-0.05, 0) is 50.2 Å². The predicted octanol–water partition coefficient (Wildman–Crippen LogP) is 5.01. The Labute approximate surface area is 108 Å². The first-order valence-electron chi connectivity index (χ1n) is 3.64. The number of benzene rings is 1. The Morgan fingerprint density at radius 3 is 2.92 bits per heavy atom. The number of alkyl halides is 1. The van der Waals surface area contributed by atoms with Gasteiger partial charge in [-0.3, -0.25) is 0 Å². The van der Waals surface area contributed by atoms with Crippen LogP contribution in [0, 0.1) is 3.57 Å². The first-order chi connectivity index (χ1) is 6.24. The fourth-order valence-electron chi connectivity index (χ4n) is 1.23. The predicted molar refractivity (Wildman–Crippen MR) is 71.8 cm³/mol. The lowest BCUT2D eigenvalue weighted by atomic mass is 10.2. The standard InChI is InChI=1S/C9H5BrClIS/c10-7-4-13-9-5(7)1-2-8(12)6(9)3-11/h1-2,4H,3H2. The molecular formula is C9H5BrClIS. The minimum absolute atomic E-state index is 0.586. The van der Waals surface area contributed by atoms with Crippen LogP contribution in [0.4, 0.5) is 0 Å². The van der Waals surface area contributed by atoms with E-state index in [1.165, 1.54) is 19.2 Å². The molecule has 0 aliphatic heterocycles. The topological polar surface area (TPSA) is 0 Å². The molecule has 2 aromatic rings. The highest BCUT2D eigenvalue weighted by molar-refractivity contribution is 14.1. The van der Waals surface area contributed by atoms with E-state index in [0.717, 1.165) is 4.47 Å². The molecular weight excluding hydrogens is 382 g/mol. The molecule has 68 valence electrons. The molecule has 0 saturated heterocycles. The zero-order valence-electron chi connectivity index (χ0n) is 6.48. The maximum atomic E-state index is 5.91. The molecule has 0 aliphatic rings. The molecule has 4 heteroatoms. The maximum Gasteiger partial charge on any atom is 0.0498 e. The van der Waals surface area contributed by atoms with Crippen LogP contribution in [0.25, 0.3) is 10.1 Å². The van der Waals surface area contributed by atoms with E-state index in [2.05, 4.69) is 56.0 Å². The van der Waals surface area contributed by atoms with Gasteiger partial charge in [-0.1, -0.05) is 6.07 Å². The summed E-state index contributed by atoms with van der Waals surface area (Å²) in [6.45, 7) is 0. The monoisotopic (exact) mass is 386 g/mol.